The molecule has 0 bridgehead atoms. The molecule has 1 saturated carbocycles. The van der Waals surface area contributed by atoms with E-state index in [2.05, 4.69) is 41.0 Å². The molecule has 2 aliphatic rings. The Morgan fingerprint density at radius 2 is 1.95 bits per heavy atom. The summed E-state index contributed by atoms with van der Waals surface area (Å²) in [5, 5.41) is 59.6. The van der Waals surface area contributed by atoms with Crippen molar-refractivity contribution < 1.29 is 44.3 Å². The third kappa shape index (κ3) is 5.39. The molecule has 5 rings (SSSR count). The van der Waals surface area contributed by atoms with Crippen molar-refractivity contribution >= 4 is 24.4 Å². The van der Waals surface area contributed by atoms with Crippen LogP contribution < -0.4 is 5.32 Å². The van der Waals surface area contributed by atoms with Crippen LogP contribution in [0, 0.1) is 0 Å². The Bertz CT molecular complexity index is 1320. The predicted octanol–water partition coefficient (Wildman–Crippen LogP) is -2.07. The Hall–Kier alpha value is -2.67. The van der Waals surface area contributed by atoms with E-state index in [1.165, 1.54) is 10.9 Å². The van der Waals surface area contributed by atoms with Crippen LogP contribution in [0.2, 0.25) is 0 Å². The molecule has 19 heteroatoms. The molecule has 4 heterocycles. The van der Waals surface area contributed by atoms with E-state index in [1.54, 1.807) is 0 Å². The monoisotopic (exact) mass is 571 g/mol. The second kappa shape index (κ2) is 11.1. The maximum absolute atomic E-state index is 12.3. The van der Waals surface area contributed by atoms with Crippen LogP contribution in [0.15, 0.2) is 6.20 Å². The molecule has 0 amide bonds. The van der Waals surface area contributed by atoms with Gasteiger partial charge >= 0.3 is 7.60 Å². The number of fused-ring (bicyclic) bond motifs is 1. The SMILES string of the molecule is O=P(O)(O)[C@@](CO)(Cc1nn[nH]n1)OC[C@@H]1O[C@H](n2ncc3c(NC4CCCC4)nc(CO)nc32)[C@@H](O)[C@H]1O. The number of nitrogens with zero attached hydrogens (tertiary/aromatic N) is 7. The van der Waals surface area contributed by atoms with Crippen LogP contribution in [0.4, 0.5) is 5.82 Å². The zero-order valence-electron chi connectivity index (χ0n) is 20.6. The first-order chi connectivity index (χ1) is 18.7. The molecule has 0 aromatic carbocycles. The first kappa shape index (κ1) is 27.9. The van der Waals surface area contributed by atoms with E-state index < -0.39 is 63.7 Å². The molecule has 2 fully saturated rings. The summed E-state index contributed by atoms with van der Waals surface area (Å²) in [6, 6.07) is 0.211. The fraction of sp³-hybridized carbons (Fsp3) is 0.700. The Morgan fingerprint density at radius 3 is 2.59 bits per heavy atom. The van der Waals surface area contributed by atoms with E-state index in [-0.39, 0.29) is 23.3 Å². The lowest BCUT2D eigenvalue weighted by Crippen LogP contribution is -2.43. The van der Waals surface area contributed by atoms with Gasteiger partial charge in [0.15, 0.2) is 28.9 Å². The quantitative estimate of drug-likeness (QED) is 0.115. The summed E-state index contributed by atoms with van der Waals surface area (Å²) in [5.74, 6) is 0.474. The molecule has 39 heavy (non-hydrogen) atoms. The summed E-state index contributed by atoms with van der Waals surface area (Å²) in [6.07, 6.45) is -0.599. The van der Waals surface area contributed by atoms with Gasteiger partial charge in [-0.3, -0.25) is 4.57 Å². The molecule has 5 atom stereocenters. The smallest absolute Gasteiger partial charge is 0.359 e. The van der Waals surface area contributed by atoms with Gasteiger partial charge in [0.05, 0.1) is 31.2 Å². The molecule has 0 radical (unpaired) electrons. The normalized spacial score (nSPS) is 25.9. The number of aliphatic hydroxyl groups excluding tert-OH is 4. The first-order valence-corrected chi connectivity index (χ1v) is 13.9. The van der Waals surface area contributed by atoms with Gasteiger partial charge in [0, 0.05) is 6.04 Å². The number of aromatic nitrogens is 8. The molecule has 0 spiro atoms. The molecule has 3 aromatic rings. The highest BCUT2D eigenvalue weighted by atomic mass is 31.2. The highest BCUT2D eigenvalue weighted by Gasteiger charge is 2.52. The van der Waals surface area contributed by atoms with Gasteiger partial charge in [0.25, 0.3) is 0 Å². The number of rotatable bonds is 11. The predicted molar refractivity (Wildman–Crippen MR) is 129 cm³/mol. The summed E-state index contributed by atoms with van der Waals surface area (Å²) in [7, 11) is -5.12. The van der Waals surface area contributed by atoms with Gasteiger partial charge in [0.1, 0.15) is 30.7 Å². The summed E-state index contributed by atoms with van der Waals surface area (Å²) in [6.45, 7) is -2.18. The van der Waals surface area contributed by atoms with E-state index >= 15 is 0 Å². The van der Waals surface area contributed by atoms with Crippen LogP contribution in [0.3, 0.4) is 0 Å². The van der Waals surface area contributed by atoms with Gasteiger partial charge in [-0.15, -0.1) is 10.2 Å². The van der Waals surface area contributed by atoms with E-state index in [0.29, 0.717) is 11.2 Å². The van der Waals surface area contributed by atoms with E-state index in [1.807, 2.05) is 0 Å². The fourth-order valence-corrected chi connectivity index (χ4v) is 5.62. The number of tetrazole rings is 1. The van der Waals surface area contributed by atoms with Gasteiger partial charge in [-0.05, 0) is 12.8 Å². The molecular weight excluding hydrogens is 541 g/mol. The Kier molecular flexibility index (Phi) is 7.91. The van der Waals surface area contributed by atoms with Crippen molar-refractivity contribution in [2.75, 3.05) is 18.5 Å². The number of ether oxygens (including phenoxy) is 2. The molecule has 1 saturated heterocycles. The van der Waals surface area contributed by atoms with Crippen molar-refractivity contribution in [1.29, 1.82) is 0 Å². The minimum absolute atomic E-state index is 0.119. The van der Waals surface area contributed by atoms with Crippen LogP contribution in [0.5, 0.6) is 0 Å². The zero-order chi connectivity index (χ0) is 27.8. The van der Waals surface area contributed by atoms with Crippen molar-refractivity contribution in [3.63, 3.8) is 0 Å². The van der Waals surface area contributed by atoms with E-state index in [4.69, 9.17) is 9.47 Å². The maximum atomic E-state index is 12.3. The molecule has 8 N–H and O–H groups in total. The zero-order valence-corrected chi connectivity index (χ0v) is 21.5. The second-order valence-electron chi connectivity index (χ2n) is 9.61. The molecule has 214 valence electrons. The third-order valence-corrected chi connectivity index (χ3v) is 8.52. The number of aromatic amines is 1. The standard InChI is InChI=1S/C20H30N9O9P/c30-7-14-23-17(22-10-3-1-2-4-10)11-6-21-29(18(11)24-14)19-16(33)15(32)12(38-19)8-37-20(9-31,39(34,35)36)5-13-25-27-28-26-13/h6,10,12,15-16,19,30-33H,1-5,7-9H2,(H,22,23,24)(H2,34,35,36)(H,25,26,27,28)/t12-,15-,16-,19-,20+/m0/s1. The van der Waals surface area contributed by atoms with Gasteiger partial charge in [-0.1, -0.05) is 18.1 Å². The first-order valence-electron chi connectivity index (χ1n) is 12.3. The topological polar surface area (TPSA) is 267 Å². The molecule has 1 aliphatic carbocycles. The average Bonchev–Trinajstić information content (AvgIpc) is 3.71. The number of nitrogens with one attached hydrogen (secondary N) is 2. The number of H-pyrrole nitrogens is 1. The molecule has 18 nitrogen and oxygen atoms in total. The largest absolute Gasteiger partial charge is 0.393 e. The highest BCUT2D eigenvalue weighted by molar-refractivity contribution is 7.53. The van der Waals surface area contributed by atoms with Gasteiger partial charge < -0.3 is 45.0 Å². The lowest BCUT2D eigenvalue weighted by molar-refractivity contribution is -0.109. The van der Waals surface area contributed by atoms with E-state index in [9.17, 15) is 34.8 Å². The summed E-state index contributed by atoms with van der Waals surface area (Å²) >= 11 is 0. The van der Waals surface area contributed by atoms with E-state index in [0.717, 1.165) is 25.7 Å². The number of aliphatic hydroxyl groups is 4. The van der Waals surface area contributed by atoms with Crippen molar-refractivity contribution in [2.24, 2.45) is 0 Å². The van der Waals surface area contributed by atoms with Crippen molar-refractivity contribution in [2.45, 2.75) is 74.6 Å². The van der Waals surface area contributed by atoms with Gasteiger partial charge in [-0.25, -0.2) is 14.6 Å². The number of hydrogen-bond donors (Lipinski definition) is 8. The van der Waals surface area contributed by atoms with Crippen LogP contribution in [-0.4, -0.2) is 113 Å². The molecule has 0 unspecified atom stereocenters. The Morgan fingerprint density at radius 1 is 1.18 bits per heavy atom. The Balaban J connectivity index is 1.38. The van der Waals surface area contributed by atoms with Crippen LogP contribution >= 0.6 is 7.60 Å². The van der Waals surface area contributed by atoms with Crippen LogP contribution in [0.1, 0.15) is 43.6 Å². The highest BCUT2D eigenvalue weighted by Crippen LogP contribution is 2.53. The molecule has 3 aromatic heterocycles. The van der Waals surface area contributed by atoms with Crippen molar-refractivity contribution in [3.8, 4) is 0 Å². The van der Waals surface area contributed by atoms with Gasteiger partial charge in [-0.2, -0.15) is 10.3 Å². The number of anilines is 1. The third-order valence-electron chi connectivity index (χ3n) is 7.03. The summed E-state index contributed by atoms with van der Waals surface area (Å²) < 4.78 is 24.8. The lowest BCUT2D eigenvalue weighted by Gasteiger charge is -2.32. The van der Waals surface area contributed by atoms with Crippen molar-refractivity contribution in [1.82, 2.24) is 40.4 Å². The second-order valence-corrected chi connectivity index (χ2v) is 11.5. The maximum Gasteiger partial charge on any atom is 0.359 e. The fourth-order valence-electron chi connectivity index (χ4n) is 4.84. The van der Waals surface area contributed by atoms with Gasteiger partial charge in [0.2, 0.25) is 0 Å². The van der Waals surface area contributed by atoms with Crippen molar-refractivity contribution in [3.05, 3.63) is 17.8 Å². The van der Waals surface area contributed by atoms with Crippen LogP contribution in [-0.2, 0) is 27.1 Å². The number of hydrogen-bond acceptors (Lipinski definition) is 14. The minimum atomic E-state index is -5.12. The minimum Gasteiger partial charge on any atom is -0.393 e. The van der Waals surface area contributed by atoms with Crippen LogP contribution in [0.25, 0.3) is 11.0 Å². The molecule has 1 aliphatic heterocycles. The molecular formula is C20H30N9O9P. The summed E-state index contributed by atoms with van der Waals surface area (Å²) in [4.78, 5) is 28.6. The summed E-state index contributed by atoms with van der Waals surface area (Å²) in [5.41, 5.74) is 0.240. The lowest BCUT2D eigenvalue weighted by atomic mass is 10.1. The average molecular weight is 571 g/mol. The Labute approximate surface area is 220 Å².